The van der Waals surface area contributed by atoms with Crippen LogP contribution in [-0.2, 0) is 6.42 Å². The van der Waals surface area contributed by atoms with Crippen molar-refractivity contribution in [1.82, 2.24) is 14.7 Å². The van der Waals surface area contributed by atoms with Gasteiger partial charge >= 0.3 is 0 Å². The third-order valence-corrected chi connectivity index (χ3v) is 4.40. The standard InChI is InChI=1S/C17H23N3O2/c1-3-13-15(17(21)18-12-8-5-4-6-9-12)20-11-7-10-14(22-2)16(20)19-13/h7,10-12H,3-6,8-9H2,1-2H3,(H,18,21). The van der Waals surface area contributed by atoms with E-state index in [1.165, 1.54) is 19.3 Å². The molecular formula is C17H23N3O2. The first kappa shape index (κ1) is 14.9. The van der Waals surface area contributed by atoms with Gasteiger partial charge in [0, 0.05) is 12.2 Å². The van der Waals surface area contributed by atoms with Crippen LogP contribution in [0, 0.1) is 0 Å². The highest BCUT2D eigenvalue weighted by Crippen LogP contribution is 2.23. The van der Waals surface area contributed by atoms with E-state index in [0.717, 1.165) is 25.0 Å². The molecule has 118 valence electrons. The van der Waals surface area contributed by atoms with Crippen molar-refractivity contribution in [3.8, 4) is 5.75 Å². The van der Waals surface area contributed by atoms with Gasteiger partial charge in [0.25, 0.3) is 5.91 Å². The van der Waals surface area contributed by atoms with Crippen LogP contribution in [0.2, 0.25) is 0 Å². The maximum absolute atomic E-state index is 12.8. The Morgan fingerprint density at radius 2 is 2.18 bits per heavy atom. The van der Waals surface area contributed by atoms with Crippen LogP contribution in [-0.4, -0.2) is 28.4 Å². The van der Waals surface area contributed by atoms with Crippen molar-refractivity contribution in [2.45, 2.75) is 51.5 Å². The number of hydrogen-bond donors (Lipinski definition) is 1. The Morgan fingerprint density at radius 3 is 2.86 bits per heavy atom. The lowest BCUT2D eigenvalue weighted by Gasteiger charge is -2.22. The lowest BCUT2D eigenvalue weighted by Crippen LogP contribution is -2.37. The Hall–Kier alpha value is -2.04. The summed E-state index contributed by atoms with van der Waals surface area (Å²) in [5.41, 5.74) is 2.16. The van der Waals surface area contributed by atoms with Gasteiger partial charge in [0.15, 0.2) is 11.4 Å². The molecule has 0 bridgehead atoms. The number of ether oxygens (including phenoxy) is 1. The summed E-state index contributed by atoms with van der Waals surface area (Å²) in [6.45, 7) is 2.02. The quantitative estimate of drug-likeness (QED) is 0.944. The van der Waals surface area contributed by atoms with E-state index in [9.17, 15) is 4.79 Å². The van der Waals surface area contributed by atoms with Gasteiger partial charge in [0.2, 0.25) is 0 Å². The minimum absolute atomic E-state index is 0.0236. The third kappa shape index (κ3) is 2.67. The molecule has 0 spiro atoms. The molecule has 1 aliphatic rings. The van der Waals surface area contributed by atoms with Crippen molar-refractivity contribution in [2.24, 2.45) is 0 Å². The number of aryl methyl sites for hydroxylation is 1. The fourth-order valence-corrected chi connectivity index (χ4v) is 3.24. The van der Waals surface area contributed by atoms with E-state index >= 15 is 0 Å². The molecule has 2 aromatic rings. The molecule has 0 atom stereocenters. The monoisotopic (exact) mass is 301 g/mol. The van der Waals surface area contributed by atoms with Crippen LogP contribution < -0.4 is 10.1 Å². The van der Waals surface area contributed by atoms with Gasteiger partial charge in [-0.25, -0.2) is 4.98 Å². The van der Waals surface area contributed by atoms with Crippen LogP contribution in [0.4, 0.5) is 0 Å². The molecule has 5 heteroatoms. The predicted molar refractivity (Wildman–Crippen MR) is 85.5 cm³/mol. The van der Waals surface area contributed by atoms with Gasteiger partial charge in [-0.15, -0.1) is 0 Å². The van der Waals surface area contributed by atoms with Crippen LogP contribution in [0.25, 0.3) is 5.65 Å². The summed E-state index contributed by atoms with van der Waals surface area (Å²) in [7, 11) is 1.62. The molecule has 1 aliphatic carbocycles. The number of carbonyl (C=O) groups excluding carboxylic acids is 1. The van der Waals surface area contributed by atoms with Crippen LogP contribution in [0.15, 0.2) is 18.3 Å². The number of nitrogens with zero attached hydrogens (tertiary/aromatic N) is 2. The Kier molecular flexibility index (Phi) is 4.32. The highest BCUT2D eigenvalue weighted by Gasteiger charge is 2.23. The molecule has 0 radical (unpaired) electrons. The van der Waals surface area contributed by atoms with Gasteiger partial charge in [-0.3, -0.25) is 9.20 Å². The molecule has 0 aromatic carbocycles. The number of fused-ring (bicyclic) bond motifs is 1. The van der Waals surface area contributed by atoms with Crippen molar-refractivity contribution in [3.05, 3.63) is 29.7 Å². The third-order valence-electron chi connectivity index (χ3n) is 4.40. The van der Waals surface area contributed by atoms with E-state index in [1.807, 2.05) is 29.7 Å². The van der Waals surface area contributed by atoms with E-state index < -0.39 is 0 Å². The largest absolute Gasteiger partial charge is 0.493 e. The van der Waals surface area contributed by atoms with E-state index in [4.69, 9.17) is 4.74 Å². The summed E-state index contributed by atoms with van der Waals surface area (Å²) in [5, 5.41) is 3.19. The van der Waals surface area contributed by atoms with Crippen molar-refractivity contribution in [3.63, 3.8) is 0 Å². The highest BCUT2D eigenvalue weighted by molar-refractivity contribution is 5.95. The maximum Gasteiger partial charge on any atom is 0.270 e. The molecule has 1 fully saturated rings. The number of carbonyl (C=O) groups is 1. The Morgan fingerprint density at radius 1 is 1.41 bits per heavy atom. The van der Waals surface area contributed by atoms with Crippen molar-refractivity contribution < 1.29 is 9.53 Å². The number of amides is 1. The fraction of sp³-hybridized carbons (Fsp3) is 0.529. The molecule has 5 nitrogen and oxygen atoms in total. The predicted octanol–water partition coefficient (Wildman–Crippen LogP) is 2.97. The molecule has 2 heterocycles. The molecule has 22 heavy (non-hydrogen) atoms. The van der Waals surface area contributed by atoms with Gasteiger partial charge in [-0.2, -0.15) is 0 Å². The average molecular weight is 301 g/mol. The fourth-order valence-electron chi connectivity index (χ4n) is 3.24. The number of hydrogen-bond acceptors (Lipinski definition) is 3. The van der Waals surface area contributed by atoms with Crippen molar-refractivity contribution in [2.75, 3.05) is 7.11 Å². The van der Waals surface area contributed by atoms with E-state index in [0.29, 0.717) is 23.1 Å². The molecular weight excluding hydrogens is 278 g/mol. The number of rotatable bonds is 4. The van der Waals surface area contributed by atoms with Gasteiger partial charge < -0.3 is 10.1 Å². The second-order valence-electron chi connectivity index (χ2n) is 5.84. The first-order valence-corrected chi connectivity index (χ1v) is 8.09. The Bertz CT molecular complexity index is 672. The number of nitrogens with one attached hydrogen (secondary N) is 1. The SMILES string of the molecule is CCc1nc2c(OC)cccn2c1C(=O)NC1CCCCC1. The highest BCUT2D eigenvalue weighted by atomic mass is 16.5. The van der Waals surface area contributed by atoms with Gasteiger partial charge in [-0.1, -0.05) is 26.2 Å². The van der Waals surface area contributed by atoms with E-state index in [1.54, 1.807) is 7.11 Å². The number of methoxy groups -OCH3 is 1. The molecule has 1 N–H and O–H groups in total. The molecule has 1 saturated carbocycles. The number of imidazole rings is 1. The molecule has 0 unspecified atom stereocenters. The molecule has 2 aromatic heterocycles. The van der Waals surface area contributed by atoms with Crippen LogP contribution in [0.5, 0.6) is 5.75 Å². The molecule has 1 amide bonds. The minimum atomic E-state index is -0.0236. The van der Waals surface area contributed by atoms with Gasteiger partial charge in [0.1, 0.15) is 5.69 Å². The zero-order valence-corrected chi connectivity index (χ0v) is 13.3. The summed E-state index contributed by atoms with van der Waals surface area (Å²) in [4.78, 5) is 17.3. The lowest BCUT2D eigenvalue weighted by molar-refractivity contribution is 0.0920. The molecule has 0 aliphatic heterocycles. The second-order valence-corrected chi connectivity index (χ2v) is 5.84. The molecule has 0 saturated heterocycles. The Labute approximate surface area is 130 Å². The average Bonchev–Trinajstić information content (AvgIpc) is 2.94. The smallest absolute Gasteiger partial charge is 0.270 e. The maximum atomic E-state index is 12.8. The minimum Gasteiger partial charge on any atom is -0.493 e. The van der Waals surface area contributed by atoms with Crippen LogP contribution >= 0.6 is 0 Å². The van der Waals surface area contributed by atoms with Crippen LogP contribution in [0.1, 0.15) is 55.2 Å². The zero-order chi connectivity index (χ0) is 15.5. The first-order chi connectivity index (χ1) is 10.7. The van der Waals surface area contributed by atoms with Gasteiger partial charge in [0.05, 0.1) is 12.8 Å². The van der Waals surface area contributed by atoms with E-state index in [-0.39, 0.29) is 5.91 Å². The second kappa shape index (κ2) is 6.38. The summed E-state index contributed by atoms with van der Waals surface area (Å²) < 4.78 is 7.20. The topological polar surface area (TPSA) is 55.6 Å². The number of pyridine rings is 1. The molecule has 3 rings (SSSR count). The zero-order valence-electron chi connectivity index (χ0n) is 13.3. The van der Waals surface area contributed by atoms with Crippen LogP contribution in [0.3, 0.4) is 0 Å². The summed E-state index contributed by atoms with van der Waals surface area (Å²) in [6, 6.07) is 4.04. The van der Waals surface area contributed by atoms with Crippen molar-refractivity contribution in [1.29, 1.82) is 0 Å². The normalized spacial score (nSPS) is 15.9. The number of aromatic nitrogens is 2. The first-order valence-electron chi connectivity index (χ1n) is 8.09. The van der Waals surface area contributed by atoms with Crippen molar-refractivity contribution >= 4 is 11.6 Å². The Balaban J connectivity index is 1.96. The lowest BCUT2D eigenvalue weighted by atomic mass is 9.95. The summed E-state index contributed by atoms with van der Waals surface area (Å²) in [5.74, 6) is 0.665. The summed E-state index contributed by atoms with van der Waals surface area (Å²) in [6.07, 6.45) is 8.43. The summed E-state index contributed by atoms with van der Waals surface area (Å²) >= 11 is 0. The van der Waals surface area contributed by atoms with E-state index in [2.05, 4.69) is 10.3 Å². The van der Waals surface area contributed by atoms with Gasteiger partial charge in [-0.05, 0) is 31.4 Å².